The molecule has 0 aliphatic carbocycles. The lowest BCUT2D eigenvalue weighted by Crippen LogP contribution is -2.41. The first-order valence-corrected chi connectivity index (χ1v) is 7.20. The average molecular weight is 300 g/mol. The smallest absolute Gasteiger partial charge is 0.311 e. The van der Waals surface area contributed by atoms with Crippen molar-refractivity contribution >= 4 is 22.6 Å². The zero-order valence-corrected chi connectivity index (χ0v) is 12.0. The Morgan fingerprint density at radius 2 is 1.86 bits per heavy atom. The van der Waals surface area contributed by atoms with Gasteiger partial charge in [0.2, 0.25) is 0 Å². The number of carbonyl (C=O) groups is 2. The minimum Gasteiger partial charge on any atom is -0.342 e. The van der Waals surface area contributed by atoms with Crippen LogP contribution >= 0.6 is 0 Å². The van der Waals surface area contributed by atoms with Crippen molar-refractivity contribution in [2.75, 3.05) is 13.1 Å². The summed E-state index contributed by atoms with van der Waals surface area (Å²) in [6, 6.07) is 7.01. The largest absolute Gasteiger partial charge is 0.342 e. The summed E-state index contributed by atoms with van der Waals surface area (Å²) in [4.78, 5) is 37.1. The molecule has 0 bridgehead atoms. The van der Waals surface area contributed by atoms with E-state index >= 15 is 0 Å². The number of carbonyl (C=O) groups excluding carboxylic acids is 2. The number of hydrogen-bond acceptors (Lipinski definition) is 4. The maximum Gasteiger partial charge on any atom is 0.311 e. The van der Waals surface area contributed by atoms with Gasteiger partial charge in [-0.25, -0.2) is 5.10 Å². The van der Waals surface area contributed by atoms with Gasteiger partial charge in [-0.05, 0) is 18.9 Å². The Morgan fingerprint density at radius 1 is 1.18 bits per heavy atom. The Kier molecular flexibility index (Phi) is 3.86. The first-order chi connectivity index (χ1) is 10.7. The molecular weight excluding hydrogens is 284 g/mol. The lowest BCUT2D eigenvalue weighted by molar-refractivity contribution is -0.145. The predicted molar refractivity (Wildman–Crippen MR) is 80.0 cm³/mol. The lowest BCUT2D eigenvalue weighted by Gasteiger charge is -2.14. The van der Waals surface area contributed by atoms with Crippen LogP contribution in [0.4, 0.5) is 0 Å². The van der Waals surface area contributed by atoms with Crippen LogP contribution in [-0.4, -0.2) is 40.0 Å². The molecule has 7 nitrogen and oxygen atoms in total. The summed E-state index contributed by atoms with van der Waals surface area (Å²) in [6.07, 6.45) is 1.87. The van der Waals surface area contributed by atoms with Gasteiger partial charge >= 0.3 is 11.8 Å². The van der Waals surface area contributed by atoms with Crippen molar-refractivity contribution < 1.29 is 9.59 Å². The topological polar surface area (TPSA) is 95.2 Å². The van der Waals surface area contributed by atoms with Crippen molar-refractivity contribution in [2.24, 2.45) is 0 Å². The van der Waals surface area contributed by atoms with Gasteiger partial charge in [0.25, 0.3) is 5.56 Å². The second kappa shape index (κ2) is 5.97. The van der Waals surface area contributed by atoms with Crippen molar-refractivity contribution in [3.63, 3.8) is 0 Å². The number of rotatable bonds is 2. The van der Waals surface area contributed by atoms with E-state index in [9.17, 15) is 14.4 Å². The van der Waals surface area contributed by atoms with Gasteiger partial charge in [0, 0.05) is 18.5 Å². The lowest BCUT2D eigenvalue weighted by atomic mass is 10.1. The Labute approximate surface area is 126 Å². The maximum atomic E-state index is 11.9. The van der Waals surface area contributed by atoms with E-state index in [2.05, 4.69) is 15.5 Å². The van der Waals surface area contributed by atoms with Gasteiger partial charge in [-0.1, -0.05) is 18.2 Å². The second-order valence-electron chi connectivity index (χ2n) is 5.23. The highest BCUT2D eigenvalue weighted by Gasteiger charge is 2.24. The van der Waals surface area contributed by atoms with E-state index in [1.807, 2.05) is 0 Å². The fourth-order valence-corrected chi connectivity index (χ4v) is 2.61. The molecule has 1 aromatic carbocycles. The normalized spacial score (nSPS) is 14.3. The Hall–Kier alpha value is -2.70. The van der Waals surface area contributed by atoms with E-state index in [0.29, 0.717) is 29.6 Å². The van der Waals surface area contributed by atoms with E-state index in [1.165, 1.54) is 0 Å². The van der Waals surface area contributed by atoms with E-state index in [4.69, 9.17) is 0 Å². The zero-order valence-electron chi connectivity index (χ0n) is 12.0. The molecule has 2 amide bonds. The fraction of sp³-hybridized carbons (Fsp3) is 0.333. The molecular formula is C15H16N4O3. The third-order valence-electron chi connectivity index (χ3n) is 3.78. The summed E-state index contributed by atoms with van der Waals surface area (Å²) in [5.41, 5.74) is 0.247. The molecule has 0 unspecified atom stereocenters. The van der Waals surface area contributed by atoms with Gasteiger partial charge in [0.15, 0.2) is 0 Å². The summed E-state index contributed by atoms with van der Waals surface area (Å²) in [6.45, 7) is 1.36. The molecule has 2 heterocycles. The van der Waals surface area contributed by atoms with Crippen molar-refractivity contribution in [3.05, 3.63) is 40.3 Å². The monoisotopic (exact) mass is 300 g/mol. The number of nitrogens with one attached hydrogen (secondary N) is 2. The average Bonchev–Trinajstić information content (AvgIpc) is 3.08. The number of aromatic amines is 1. The molecule has 0 spiro atoms. The maximum absolute atomic E-state index is 11.9. The van der Waals surface area contributed by atoms with Crippen LogP contribution in [0.15, 0.2) is 29.1 Å². The fourth-order valence-electron chi connectivity index (χ4n) is 2.61. The summed E-state index contributed by atoms with van der Waals surface area (Å²) in [5.74, 6) is -1.15. The standard InChI is InChI=1S/C15H16N4O3/c20-13-11-6-2-1-5-10(11)12(17-18-13)9-16-14(21)15(22)19-7-3-4-8-19/h1-2,5-6H,3-4,7-9H2,(H,16,21)(H,18,20). The van der Waals surface area contributed by atoms with Crippen molar-refractivity contribution in [1.82, 2.24) is 20.4 Å². The Bertz CT molecular complexity index is 778. The van der Waals surface area contributed by atoms with E-state index in [0.717, 1.165) is 12.8 Å². The highest BCUT2D eigenvalue weighted by Crippen LogP contribution is 2.12. The molecule has 1 aliphatic heterocycles. The minimum absolute atomic E-state index is 0.0930. The Balaban J connectivity index is 1.74. The van der Waals surface area contributed by atoms with Gasteiger partial charge in [-0.2, -0.15) is 5.10 Å². The third-order valence-corrected chi connectivity index (χ3v) is 3.78. The summed E-state index contributed by atoms with van der Waals surface area (Å²) in [7, 11) is 0. The SMILES string of the molecule is O=C(NCc1n[nH]c(=O)c2ccccc12)C(=O)N1CCCC1. The molecule has 3 rings (SSSR count). The van der Waals surface area contributed by atoms with Gasteiger partial charge < -0.3 is 10.2 Å². The van der Waals surface area contributed by atoms with Gasteiger partial charge in [-0.15, -0.1) is 0 Å². The highest BCUT2D eigenvalue weighted by molar-refractivity contribution is 6.35. The minimum atomic E-state index is -0.640. The first-order valence-electron chi connectivity index (χ1n) is 7.20. The van der Waals surface area contributed by atoms with Crippen LogP contribution in [0.25, 0.3) is 10.8 Å². The number of benzene rings is 1. The number of H-pyrrole nitrogens is 1. The van der Waals surface area contributed by atoms with E-state index in [1.54, 1.807) is 29.2 Å². The van der Waals surface area contributed by atoms with Crippen molar-refractivity contribution in [1.29, 1.82) is 0 Å². The molecule has 1 fully saturated rings. The van der Waals surface area contributed by atoms with Crippen molar-refractivity contribution in [2.45, 2.75) is 19.4 Å². The number of fused-ring (bicyclic) bond motifs is 1. The number of hydrogen-bond donors (Lipinski definition) is 2. The molecule has 1 aliphatic rings. The zero-order chi connectivity index (χ0) is 15.5. The van der Waals surface area contributed by atoms with Crippen LogP contribution < -0.4 is 10.9 Å². The number of nitrogens with zero attached hydrogens (tertiary/aromatic N) is 2. The third kappa shape index (κ3) is 2.69. The number of amides is 2. The summed E-state index contributed by atoms with van der Waals surface area (Å²) >= 11 is 0. The number of aromatic nitrogens is 2. The molecule has 0 atom stereocenters. The van der Waals surface area contributed by atoms with Gasteiger partial charge in [0.1, 0.15) is 0 Å². The van der Waals surface area contributed by atoms with Crippen molar-refractivity contribution in [3.8, 4) is 0 Å². The Morgan fingerprint density at radius 3 is 2.59 bits per heavy atom. The van der Waals surface area contributed by atoms with E-state index < -0.39 is 11.8 Å². The molecule has 1 saturated heterocycles. The van der Waals surface area contributed by atoms with Gasteiger partial charge in [-0.3, -0.25) is 14.4 Å². The summed E-state index contributed by atoms with van der Waals surface area (Å²) < 4.78 is 0. The van der Waals surface area contributed by atoms with Crippen LogP contribution in [0.2, 0.25) is 0 Å². The van der Waals surface area contributed by atoms with Crippen LogP contribution in [-0.2, 0) is 16.1 Å². The molecule has 7 heteroatoms. The molecule has 22 heavy (non-hydrogen) atoms. The van der Waals surface area contributed by atoms with Crippen LogP contribution in [0.5, 0.6) is 0 Å². The van der Waals surface area contributed by atoms with Crippen LogP contribution in [0.1, 0.15) is 18.5 Å². The molecule has 1 aromatic heterocycles. The molecule has 114 valence electrons. The van der Waals surface area contributed by atoms with Crippen LogP contribution in [0.3, 0.4) is 0 Å². The van der Waals surface area contributed by atoms with E-state index in [-0.39, 0.29) is 12.1 Å². The molecule has 0 saturated carbocycles. The highest BCUT2D eigenvalue weighted by atomic mass is 16.2. The molecule has 0 radical (unpaired) electrons. The summed E-state index contributed by atoms with van der Waals surface area (Å²) in [5, 5.41) is 10.1. The molecule has 2 N–H and O–H groups in total. The quantitative estimate of drug-likeness (QED) is 0.772. The second-order valence-corrected chi connectivity index (χ2v) is 5.23. The number of likely N-dealkylation sites (tertiary alicyclic amines) is 1. The van der Waals surface area contributed by atoms with Gasteiger partial charge in [0.05, 0.1) is 17.6 Å². The first kappa shape index (κ1) is 14.2. The van der Waals surface area contributed by atoms with Crippen LogP contribution in [0, 0.1) is 0 Å². The molecule has 2 aromatic rings. The predicted octanol–water partition coefficient (Wildman–Crippen LogP) is 0.162.